The van der Waals surface area contributed by atoms with Gasteiger partial charge in [0.2, 0.25) is 5.91 Å². The van der Waals surface area contributed by atoms with Crippen molar-refractivity contribution in [3.8, 4) is 0 Å². The number of hydrogen-bond acceptors (Lipinski definition) is 2. The molecule has 1 aromatic carbocycles. The van der Waals surface area contributed by atoms with E-state index < -0.39 is 11.6 Å². The Morgan fingerprint density at radius 1 is 1.29 bits per heavy atom. The third-order valence-corrected chi connectivity index (χ3v) is 4.74. The van der Waals surface area contributed by atoms with Gasteiger partial charge in [-0.25, -0.2) is 8.78 Å². The number of piperidine rings is 1. The molecule has 0 spiro atoms. The summed E-state index contributed by atoms with van der Waals surface area (Å²) in [6.45, 7) is 0. The van der Waals surface area contributed by atoms with E-state index in [1.54, 1.807) is 11.9 Å². The van der Waals surface area contributed by atoms with Crippen LogP contribution in [0.1, 0.15) is 31.2 Å². The second kappa shape index (κ2) is 5.72. The first-order valence-electron chi connectivity index (χ1n) is 7.48. The largest absolute Gasteiger partial charge is 0.342 e. The Bertz CT molecular complexity index is 537. The summed E-state index contributed by atoms with van der Waals surface area (Å²) in [5.74, 6) is -1.18. The first kappa shape index (κ1) is 14.4. The van der Waals surface area contributed by atoms with Gasteiger partial charge in [0.1, 0.15) is 11.6 Å². The molecular formula is C16H20F2N2O. The Balaban J connectivity index is 1.66. The molecule has 0 saturated carbocycles. The quantitative estimate of drug-likeness (QED) is 0.927. The van der Waals surface area contributed by atoms with Crippen molar-refractivity contribution in [2.24, 2.45) is 0 Å². The molecule has 2 saturated heterocycles. The van der Waals surface area contributed by atoms with Crippen molar-refractivity contribution >= 4 is 5.91 Å². The van der Waals surface area contributed by atoms with Crippen LogP contribution in [0.5, 0.6) is 0 Å². The average molecular weight is 294 g/mol. The van der Waals surface area contributed by atoms with Crippen LogP contribution >= 0.6 is 0 Å². The van der Waals surface area contributed by atoms with Crippen molar-refractivity contribution < 1.29 is 13.6 Å². The van der Waals surface area contributed by atoms with E-state index in [4.69, 9.17) is 0 Å². The summed E-state index contributed by atoms with van der Waals surface area (Å²) in [6.07, 6.45) is 4.15. The fourth-order valence-corrected chi connectivity index (χ4v) is 3.51. The Morgan fingerprint density at radius 2 is 1.95 bits per heavy atom. The minimum atomic E-state index is -0.525. The van der Waals surface area contributed by atoms with Gasteiger partial charge in [-0.3, -0.25) is 4.79 Å². The molecule has 0 aliphatic carbocycles. The lowest BCUT2D eigenvalue weighted by Crippen LogP contribution is -2.49. The smallest absolute Gasteiger partial charge is 0.227 e. The van der Waals surface area contributed by atoms with Crippen LogP contribution in [0.4, 0.5) is 8.78 Å². The van der Waals surface area contributed by atoms with Crippen molar-refractivity contribution in [3.63, 3.8) is 0 Å². The zero-order chi connectivity index (χ0) is 15.0. The molecule has 2 heterocycles. The molecule has 2 aliphatic rings. The lowest BCUT2D eigenvalue weighted by Gasteiger charge is -2.35. The van der Waals surface area contributed by atoms with Crippen LogP contribution in [0, 0.1) is 11.6 Å². The number of likely N-dealkylation sites (N-methyl/N-ethyl adjacent to an activating group) is 1. The standard InChI is InChI=1S/C16H20F2N2O/c1-20(14-8-12-3-4-13(9-14)19-12)16(21)7-10-6-11(17)2-5-15(10)18/h2,5-6,12-14,19H,3-4,7-9H2,1H3. The van der Waals surface area contributed by atoms with Gasteiger partial charge in [0.15, 0.2) is 0 Å². The van der Waals surface area contributed by atoms with Gasteiger partial charge >= 0.3 is 0 Å². The maximum atomic E-state index is 13.6. The molecule has 1 N–H and O–H groups in total. The highest BCUT2D eigenvalue weighted by molar-refractivity contribution is 5.79. The number of nitrogens with one attached hydrogen (secondary N) is 1. The average Bonchev–Trinajstić information content (AvgIpc) is 2.80. The van der Waals surface area contributed by atoms with Crippen LogP contribution in [0.25, 0.3) is 0 Å². The van der Waals surface area contributed by atoms with Gasteiger partial charge in [-0.1, -0.05) is 0 Å². The van der Waals surface area contributed by atoms with Gasteiger partial charge in [-0.05, 0) is 43.9 Å². The summed E-state index contributed by atoms with van der Waals surface area (Å²) in [4.78, 5) is 14.0. The SMILES string of the molecule is CN(C(=O)Cc1cc(F)ccc1F)C1CC2CCC(C1)N2. The highest BCUT2D eigenvalue weighted by Gasteiger charge is 2.36. The van der Waals surface area contributed by atoms with E-state index in [0.717, 1.165) is 31.0 Å². The van der Waals surface area contributed by atoms with Crippen molar-refractivity contribution in [2.45, 2.75) is 50.2 Å². The van der Waals surface area contributed by atoms with Gasteiger partial charge in [0.05, 0.1) is 6.42 Å². The van der Waals surface area contributed by atoms with Gasteiger partial charge in [-0.2, -0.15) is 0 Å². The Labute approximate surface area is 123 Å². The molecule has 21 heavy (non-hydrogen) atoms. The van der Waals surface area contributed by atoms with Crippen LogP contribution in [-0.4, -0.2) is 36.0 Å². The molecule has 1 amide bonds. The van der Waals surface area contributed by atoms with Crippen LogP contribution in [-0.2, 0) is 11.2 Å². The van der Waals surface area contributed by atoms with Crippen LogP contribution in [0.15, 0.2) is 18.2 Å². The van der Waals surface area contributed by atoms with Gasteiger partial charge in [-0.15, -0.1) is 0 Å². The van der Waals surface area contributed by atoms with Crippen LogP contribution in [0.3, 0.4) is 0 Å². The number of benzene rings is 1. The highest BCUT2D eigenvalue weighted by Crippen LogP contribution is 2.29. The van der Waals surface area contributed by atoms with Crippen molar-refractivity contribution in [1.82, 2.24) is 10.2 Å². The number of carbonyl (C=O) groups excluding carboxylic acids is 1. The number of carbonyl (C=O) groups is 1. The van der Waals surface area contributed by atoms with Gasteiger partial charge in [0.25, 0.3) is 0 Å². The molecule has 2 aliphatic heterocycles. The monoisotopic (exact) mass is 294 g/mol. The summed E-state index contributed by atoms with van der Waals surface area (Å²) in [5, 5.41) is 3.53. The maximum Gasteiger partial charge on any atom is 0.227 e. The summed E-state index contributed by atoms with van der Waals surface area (Å²) in [7, 11) is 1.77. The minimum absolute atomic E-state index is 0.0840. The van der Waals surface area contributed by atoms with E-state index >= 15 is 0 Å². The summed E-state index contributed by atoms with van der Waals surface area (Å²) >= 11 is 0. The zero-order valence-corrected chi connectivity index (χ0v) is 12.1. The molecule has 3 nitrogen and oxygen atoms in total. The molecule has 0 radical (unpaired) electrons. The fourth-order valence-electron chi connectivity index (χ4n) is 3.51. The van der Waals surface area contributed by atoms with Gasteiger partial charge < -0.3 is 10.2 Å². The fraction of sp³-hybridized carbons (Fsp3) is 0.562. The Kier molecular flexibility index (Phi) is 3.93. The topological polar surface area (TPSA) is 32.3 Å². The molecule has 114 valence electrons. The molecule has 2 unspecified atom stereocenters. The second-order valence-corrected chi connectivity index (χ2v) is 6.18. The summed E-state index contributed by atoms with van der Waals surface area (Å²) in [5.41, 5.74) is 0.128. The van der Waals surface area contributed by atoms with Crippen LogP contribution in [0.2, 0.25) is 0 Å². The van der Waals surface area contributed by atoms with E-state index in [0.29, 0.717) is 12.1 Å². The molecule has 1 aromatic rings. The third-order valence-electron chi connectivity index (χ3n) is 4.74. The predicted molar refractivity (Wildman–Crippen MR) is 75.8 cm³/mol. The third kappa shape index (κ3) is 3.07. The first-order chi connectivity index (χ1) is 10.0. The zero-order valence-electron chi connectivity index (χ0n) is 12.1. The number of nitrogens with zero attached hydrogens (tertiary/aromatic N) is 1. The predicted octanol–water partition coefficient (Wildman–Crippen LogP) is 2.25. The number of halogens is 2. The highest BCUT2D eigenvalue weighted by atomic mass is 19.1. The molecule has 2 atom stereocenters. The number of hydrogen-bond donors (Lipinski definition) is 1. The van der Waals surface area contributed by atoms with Gasteiger partial charge in [0, 0.05) is 30.7 Å². The molecule has 3 rings (SSSR count). The van der Waals surface area contributed by atoms with Crippen molar-refractivity contribution in [3.05, 3.63) is 35.4 Å². The Hall–Kier alpha value is -1.49. The molecule has 2 fully saturated rings. The maximum absolute atomic E-state index is 13.6. The van der Waals surface area contributed by atoms with Crippen molar-refractivity contribution in [1.29, 1.82) is 0 Å². The van der Waals surface area contributed by atoms with E-state index in [2.05, 4.69) is 5.32 Å². The van der Waals surface area contributed by atoms with E-state index in [1.165, 1.54) is 12.8 Å². The van der Waals surface area contributed by atoms with Crippen molar-refractivity contribution in [2.75, 3.05) is 7.05 Å². The molecular weight excluding hydrogens is 274 g/mol. The lowest BCUT2D eigenvalue weighted by molar-refractivity contribution is -0.132. The molecule has 0 aromatic heterocycles. The summed E-state index contributed by atoms with van der Waals surface area (Å²) in [6, 6.07) is 4.44. The number of fused-ring (bicyclic) bond motifs is 2. The molecule has 5 heteroatoms. The lowest BCUT2D eigenvalue weighted by atomic mass is 9.98. The summed E-state index contributed by atoms with van der Waals surface area (Å²) < 4.78 is 26.8. The molecule has 2 bridgehead atoms. The minimum Gasteiger partial charge on any atom is -0.342 e. The normalized spacial score (nSPS) is 27.7. The number of amides is 1. The van der Waals surface area contributed by atoms with E-state index in [9.17, 15) is 13.6 Å². The second-order valence-electron chi connectivity index (χ2n) is 6.18. The number of rotatable bonds is 3. The Morgan fingerprint density at radius 3 is 2.62 bits per heavy atom. The first-order valence-corrected chi connectivity index (χ1v) is 7.48. The van der Waals surface area contributed by atoms with E-state index in [1.807, 2.05) is 0 Å². The van der Waals surface area contributed by atoms with E-state index in [-0.39, 0.29) is 23.9 Å². The van der Waals surface area contributed by atoms with Crippen LogP contribution < -0.4 is 5.32 Å².